The van der Waals surface area contributed by atoms with Crippen LogP contribution in [0.4, 0.5) is 0 Å². The van der Waals surface area contributed by atoms with E-state index >= 15 is 0 Å². The van der Waals surface area contributed by atoms with Crippen molar-refractivity contribution < 1.29 is 4.79 Å². The summed E-state index contributed by atoms with van der Waals surface area (Å²) in [6.07, 6.45) is 0. The van der Waals surface area contributed by atoms with Gasteiger partial charge in [0.05, 0.1) is 16.1 Å². The molecule has 1 aliphatic rings. The van der Waals surface area contributed by atoms with Crippen LogP contribution in [0.1, 0.15) is 25.5 Å². The first kappa shape index (κ1) is 17.6. The van der Waals surface area contributed by atoms with E-state index in [9.17, 15) is 4.79 Å². The lowest BCUT2D eigenvalue weighted by Crippen LogP contribution is -2.49. The lowest BCUT2D eigenvalue weighted by Gasteiger charge is -2.32. The van der Waals surface area contributed by atoms with Gasteiger partial charge >= 0.3 is 0 Å². The minimum Gasteiger partial charge on any atom is -0.349 e. The summed E-state index contributed by atoms with van der Waals surface area (Å²) in [5, 5.41) is 7.24. The highest BCUT2D eigenvalue weighted by atomic mass is 35.5. The quantitative estimate of drug-likeness (QED) is 0.883. The van der Waals surface area contributed by atoms with Crippen LogP contribution in [0.5, 0.6) is 0 Å². The Morgan fingerprint density at radius 2 is 1.95 bits per heavy atom. The van der Waals surface area contributed by atoms with Gasteiger partial charge in [-0.15, -0.1) is 12.4 Å². The number of benzene rings is 1. The van der Waals surface area contributed by atoms with Gasteiger partial charge in [0.2, 0.25) is 5.91 Å². The summed E-state index contributed by atoms with van der Waals surface area (Å²) in [5.74, 6) is 0.567. The zero-order valence-electron chi connectivity index (χ0n) is 11.5. The highest BCUT2D eigenvalue weighted by Crippen LogP contribution is 2.26. The summed E-state index contributed by atoms with van der Waals surface area (Å²) < 4.78 is 0. The van der Waals surface area contributed by atoms with Gasteiger partial charge in [-0.3, -0.25) is 4.79 Å². The summed E-state index contributed by atoms with van der Waals surface area (Å²) in [6.45, 7) is 5.77. The highest BCUT2D eigenvalue weighted by Gasteiger charge is 2.29. The van der Waals surface area contributed by atoms with Crippen molar-refractivity contribution in [2.45, 2.75) is 19.9 Å². The van der Waals surface area contributed by atoms with Crippen molar-refractivity contribution >= 4 is 41.5 Å². The molecule has 1 amide bonds. The molecule has 2 rings (SSSR count). The number of carbonyl (C=O) groups excluding carboxylic acids is 1. The van der Waals surface area contributed by atoms with Crippen LogP contribution in [0.25, 0.3) is 0 Å². The molecule has 1 fully saturated rings. The van der Waals surface area contributed by atoms with Crippen molar-refractivity contribution in [1.29, 1.82) is 0 Å². The SMILES string of the molecule is CC(NC(=O)C(C)C1CNC1)c1ccc(Cl)c(Cl)c1.Cl. The summed E-state index contributed by atoms with van der Waals surface area (Å²) in [4.78, 5) is 12.1. The van der Waals surface area contributed by atoms with Crippen molar-refractivity contribution in [1.82, 2.24) is 10.6 Å². The monoisotopic (exact) mass is 336 g/mol. The Bertz CT molecular complexity index is 477. The molecule has 2 atom stereocenters. The van der Waals surface area contributed by atoms with E-state index < -0.39 is 0 Å². The molecule has 0 spiro atoms. The van der Waals surface area contributed by atoms with Gasteiger partial charge in [0.1, 0.15) is 0 Å². The molecule has 2 N–H and O–H groups in total. The number of hydrogen-bond donors (Lipinski definition) is 2. The highest BCUT2D eigenvalue weighted by molar-refractivity contribution is 6.42. The molecule has 6 heteroatoms. The van der Waals surface area contributed by atoms with Crippen LogP contribution in [0, 0.1) is 11.8 Å². The van der Waals surface area contributed by atoms with E-state index in [1.165, 1.54) is 0 Å². The molecule has 20 heavy (non-hydrogen) atoms. The first-order valence-corrected chi connectivity index (χ1v) is 7.20. The minimum absolute atomic E-state index is 0. The van der Waals surface area contributed by atoms with Crippen molar-refractivity contribution in [2.75, 3.05) is 13.1 Å². The summed E-state index contributed by atoms with van der Waals surface area (Å²) in [7, 11) is 0. The maximum absolute atomic E-state index is 12.1. The van der Waals surface area contributed by atoms with Gasteiger partial charge in [0.25, 0.3) is 0 Å². The van der Waals surface area contributed by atoms with Crippen LogP contribution in [-0.2, 0) is 4.79 Å². The Balaban J connectivity index is 0.00000200. The third-order valence-electron chi connectivity index (χ3n) is 3.74. The van der Waals surface area contributed by atoms with Gasteiger partial charge in [0, 0.05) is 5.92 Å². The molecule has 1 aromatic rings. The van der Waals surface area contributed by atoms with Crippen LogP contribution in [0.3, 0.4) is 0 Å². The molecule has 0 aliphatic carbocycles. The van der Waals surface area contributed by atoms with Crippen LogP contribution < -0.4 is 10.6 Å². The molecular weight excluding hydrogens is 319 g/mol. The largest absolute Gasteiger partial charge is 0.349 e. The number of carbonyl (C=O) groups is 1. The van der Waals surface area contributed by atoms with Crippen molar-refractivity contribution in [3.05, 3.63) is 33.8 Å². The molecule has 1 heterocycles. The normalized spacial score (nSPS) is 17.6. The zero-order chi connectivity index (χ0) is 14.0. The lowest BCUT2D eigenvalue weighted by atomic mass is 9.88. The Kier molecular flexibility index (Phi) is 6.59. The fourth-order valence-electron chi connectivity index (χ4n) is 2.09. The summed E-state index contributed by atoms with van der Waals surface area (Å²) >= 11 is 11.9. The predicted octanol–water partition coefficient (Wildman–Crippen LogP) is 3.45. The van der Waals surface area contributed by atoms with Gasteiger partial charge in [-0.1, -0.05) is 36.2 Å². The molecule has 1 aliphatic heterocycles. The molecule has 0 saturated carbocycles. The van der Waals surface area contributed by atoms with Gasteiger partial charge < -0.3 is 10.6 Å². The molecular formula is C14H19Cl3N2O. The van der Waals surface area contributed by atoms with Crippen molar-refractivity contribution in [2.24, 2.45) is 11.8 Å². The molecule has 112 valence electrons. The molecule has 1 saturated heterocycles. The van der Waals surface area contributed by atoms with E-state index in [0.29, 0.717) is 16.0 Å². The summed E-state index contributed by atoms with van der Waals surface area (Å²) in [6, 6.07) is 5.36. The van der Waals surface area contributed by atoms with E-state index in [2.05, 4.69) is 10.6 Å². The molecule has 0 bridgehead atoms. The third-order valence-corrected chi connectivity index (χ3v) is 4.48. The number of halogens is 3. The number of rotatable bonds is 4. The van der Waals surface area contributed by atoms with E-state index in [1.54, 1.807) is 12.1 Å². The summed E-state index contributed by atoms with van der Waals surface area (Å²) in [5.41, 5.74) is 0.960. The van der Waals surface area contributed by atoms with Crippen molar-refractivity contribution in [3.8, 4) is 0 Å². The van der Waals surface area contributed by atoms with Crippen LogP contribution >= 0.6 is 35.6 Å². The third kappa shape index (κ3) is 4.01. The topological polar surface area (TPSA) is 41.1 Å². The average molecular weight is 338 g/mol. The Labute approximate surface area is 135 Å². The number of nitrogens with one attached hydrogen (secondary N) is 2. The molecule has 3 nitrogen and oxygen atoms in total. The predicted molar refractivity (Wildman–Crippen MR) is 85.8 cm³/mol. The smallest absolute Gasteiger partial charge is 0.223 e. The number of amides is 1. The lowest BCUT2D eigenvalue weighted by molar-refractivity contribution is -0.127. The first-order valence-electron chi connectivity index (χ1n) is 6.45. The van der Waals surface area contributed by atoms with Gasteiger partial charge in [-0.2, -0.15) is 0 Å². The average Bonchev–Trinajstić information content (AvgIpc) is 2.30. The Morgan fingerprint density at radius 1 is 1.30 bits per heavy atom. The van der Waals surface area contributed by atoms with E-state index in [0.717, 1.165) is 18.7 Å². The molecule has 0 radical (unpaired) electrons. The van der Waals surface area contributed by atoms with Crippen LogP contribution in [0.2, 0.25) is 10.0 Å². The standard InChI is InChI=1S/C14H18Cl2N2O.ClH/c1-8(11-6-17-7-11)14(19)18-9(2)10-3-4-12(15)13(16)5-10;/h3-5,8-9,11,17H,6-7H2,1-2H3,(H,18,19);1H. The molecule has 0 aromatic heterocycles. The van der Waals surface area contributed by atoms with Crippen LogP contribution in [0.15, 0.2) is 18.2 Å². The minimum atomic E-state index is -0.0715. The fourth-order valence-corrected chi connectivity index (χ4v) is 2.40. The Hall–Kier alpha value is -0.480. The maximum atomic E-state index is 12.1. The number of hydrogen-bond acceptors (Lipinski definition) is 2. The first-order chi connectivity index (χ1) is 8.99. The maximum Gasteiger partial charge on any atom is 0.223 e. The fraction of sp³-hybridized carbons (Fsp3) is 0.500. The Morgan fingerprint density at radius 3 is 2.45 bits per heavy atom. The second kappa shape index (κ2) is 7.51. The molecule has 2 unspecified atom stereocenters. The van der Waals surface area contributed by atoms with E-state index in [1.807, 2.05) is 19.9 Å². The van der Waals surface area contributed by atoms with Gasteiger partial charge in [-0.05, 0) is 43.6 Å². The molecule has 1 aromatic carbocycles. The van der Waals surface area contributed by atoms with Crippen molar-refractivity contribution in [3.63, 3.8) is 0 Å². The van der Waals surface area contributed by atoms with Gasteiger partial charge in [0.15, 0.2) is 0 Å². The van der Waals surface area contributed by atoms with Gasteiger partial charge in [-0.25, -0.2) is 0 Å². The van der Waals surface area contributed by atoms with Crippen LogP contribution in [-0.4, -0.2) is 19.0 Å². The zero-order valence-corrected chi connectivity index (χ0v) is 13.8. The second-order valence-corrected chi connectivity index (χ2v) is 5.93. The second-order valence-electron chi connectivity index (χ2n) is 5.11. The van der Waals surface area contributed by atoms with E-state index in [-0.39, 0.29) is 30.3 Å². The van der Waals surface area contributed by atoms with E-state index in [4.69, 9.17) is 23.2 Å².